The number of likely N-dealkylation sites (tertiary alicyclic amines) is 1. The summed E-state index contributed by atoms with van der Waals surface area (Å²) >= 11 is 0. The van der Waals surface area contributed by atoms with Crippen LogP contribution in [0.15, 0.2) is 24.3 Å². The third-order valence-corrected chi connectivity index (χ3v) is 4.22. The lowest BCUT2D eigenvalue weighted by molar-refractivity contribution is 0.180. The molecule has 0 atom stereocenters. The molecule has 1 heterocycles. The van der Waals surface area contributed by atoms with Gasteiger partial charge in [0.2, 0.25) is 0 Å². The molecule has 0 unspecified atom stereocenters. The highest BCUT2D eigenvalue weighted by Crippen LogP contribution is 2.21. The Morgan fingerprint density at radius 2 is 1.90 bits per heavy atom. The molecule has 2 rings (SSSR count). The Kier molecular flexibility index (Phi) is 5.62. The van der Waals surface area contributed by atoms with Crippen LogP contribution in [-0.4, -0.2) is 30.6 Å². The van der Waals surface area contributed by atoms with Crippen molar-refractivity contribution in [1.29, 1.82) is 0 Å². The number of urea groups is 1. The zero-order chi connectivity index (χ0) is 15.2. The van der Waals surface area contributed by atoms with Gasteiger partial charge >= 0.3 is 6.03 Å². The summed E-state index contributed by atoms with van der Waals surface area (Å²) in [4.78, 5) is 16.7. The molecule has 21 heavy (non-hydrogen) atoms. The Morgan fingerprint density at radius 1 is 1.29 bits per heavy atom. The van der Waals surface area contributed by atoms with Crippen molar-refractivity contribution in [3.8, 4) is 0 Å². The zero-order valence-corrected chi connectivity index (χ0v) is 13.2. The van der Waals surface area contributed by atoms with E-state index in [2.05, 4.69) is 13.8 Å². The normalized spacial score (nSPS) is 16.0. The fourth-order valence-corrected chi connectivity index (χ4v) is 2.74. The fourth-order valence-electron chi connectivity index (χ4n) is 2.74. The average Bonchev–Trinajstić information content (AvgIpc) is 2.53. The van der Waals surface area contributed by atoms with Gasteiger partial charge in [-0.1, -0.05) is 26.0 Å². The maximum Gasteiger partial charge on any atom is 0.324 e. The number of carbonyl (C=O) groups is 1. The van der Waals surface area contributed by atoms with Crippen LogP contribution in [0.2, 0.25) is 0 Å². The number of hydrogen-bond acceptors (Lipinski definition) is 2. The average molecular weight is 289 g/mol. The molecule has 1 saturated heterocycles. The van der Waals surface area contributed by atoms with Crippen LogP contribution in [0.3, 0.4) is 0 Å². The number of rotatable bonds is 4. The molecule has 116 valence electrons. The molecule has 0 aromatic heterocycles. The van der Waals surface area contributed by atoms with Gasteiger partial charge in [-0.05, 0) is 42.9 Å². The summed E-state index contributed by atoms with van der Waals surface area (Å²) in [5, 5.41) is 0. The molecular formula is C17H27N3O. The molecule has 1 aromatic rings. The van der Waals surface area contributed by atoms with Gasteiger partial charge in [-0.15, -0.1) is 0 Å². The number of benzene rings is 1. The van der Waals surface area contributed by atoms with Gasteiger partial charge in [-0.3, -0.25) is 4.90 Å². The van der Waals surface area contributed by atoms with Crippen LogP contribution in [0.4, 0.5) is 10.5 Å². The Labute approximate surface area is 127 Å². The molecule has 0 spiro atoms. The predicted octanol–water partition coefficient (Wildman–Crippen LogP) is 3.21. The summed E-state index contributed by atoms with van der Waals surface area (Å²) in [6.07, 6.45) is 3.17. The van der Waals surface area contributed by atoms with Gasteiger partial charge in [0.1, 0.15) is 0 Å². The maximum atomic E-state index is 12.8. The van der Waals surface area contributed by atoms with Crippen molar-refractivity contribution < 1.29 is 4.79 Å². The number of carbonyl (C=O) groups excluding carboxylic acids is 1. The summed E-state index contributed by atoms with van der Waals surface area (Å²) < 4.78 is 0. The van der Waals surface area contributed by atoms with Crippen molar-refractivity contribution in [3.63, 3.8) is 0 Å². The van der Waals surface area contributed by atoms with Crippen LogP contribution in [0.25, 0.3) is 0 Å². The highest BCUT2D eigenvalue weighted by molar-refractivity contribution is 5.92. The van der Waals surface area contributed by atoms with E-state index in [4.69, 9.17) is 5.73 Å². The van der Waals surface area contributed by atoms with Gasteiger partial charge in [0.25, 0.3) is 0 Å². The second-order valence-corrected chi connectivity index (χ2v) is 5.97. The second-order valence-electron chi connectivity index (χ2n) is 5.97. The smallest absolute Gasteiger partial charge is 0.324 e. The Hall–Kier alpha value is -1.55. The van der Waals surface area contributed by atoms with Gasteiger partial charge in [0.05, 0.1) is 0 Å². The lowest BCUT2D eigenvalue weighted by Gasteiger charge is -2.35. The second kappa shape index (κ2) is 7.46. The van der Waals surface area contributed by atoms with Crippen LogP contribution in [0.5, 0.6) is 0 Å². The third-order valence-electron chi connectivity index (χ3n) is 4.22. The van der Waals surface area contributed by atoms with E-state index in [1.807, 2.05) is 34.1 Å². The molecule has 0 aliphatic carbocycles. The maximum absolute atomic E-state index is 12.8. The lowest BCUT2D eigenvalue weighted by Crippen LogP contribution is -2.47. The molecule has 2 N–H and O–H groups in total. The quantitative estimate of drug-likeness (QED) is 0.925. The van der Waals surface area contributed by atoms with E-state index in [0.717, 1.165) is 56.1 Å². The summed E-state index contributed by atoms with van der Waals surface area (Å²) in [6, 6.07) is 8.15. The largest absolute Gasteiger partial charge is 0.326 e. The first-order chi connectivity index (χ1) is 10.2. The number of anilines is 1. The van der Waals surface area contributed by atoms with Gasteiger partial charge in [0, 0.05) is 31.9 Å². The van der Waals surface area contributed by atoms with Gasteiger partial charge in [-0.25, -0.2) is 4.79 Å². The minimum atomic E-state index is 0.143. The molecule has 0 radical (unpaired) electrons. The van der Waals surface area contributed by atoms with Crippen molar-refractivity contribution in [2.75, 3.05) is 24.5 Å². The number of nitrogens with zero attached hydrogens (tertiary/aromatic N) is 2. The lowest BCUT2D eigenvalue weighted by atomic mass is 9.99. The minimum Gasteiger partial charge on any atom is -0.326 e. The molecule has 1 aliphatic rings. The van der Waals surface area contributed by atoms with Crippen molar-refractivity contribution in [2.45, 2.75) is 39.7 Å². The van der Waals surface area contributed by atoms with Crippen LogP contribution in [0.1, 0.15) is 38.7 Å². The molecule has 1 aliphatic heterocycles. The first kappa shape index (κ1) is 15.8. The number of hydrogen-bond donors (Lipinski definition) is 1. The predicted molar refractivity (Wildman–Crippen MR) is 87.3 cm³/mol. The fraction of sp³-hybridized carbons (Fsp3) is 0.588. The molecule has 2 amide bonds. The molecular weight excluding hydrogens is 262 g/mol. The van der Waals surface area contributed by atoms with Crippen LogP contribution >= 0.6 is 0 Å². The van der Waals surface area contributed by atoms with Crippen molar-refractivity contribution >= 4 is 11.7 Å². The molecule has 4 heteroatoms. The van der Waals surface area contributed by atoms with Crippen LogP contribution < -0.4 is 10.6 Å². The first-order valence-corrected chi connectivity index (χ1v) is 8.01. The first-order valence-electron chi connectivity index (χ1n) is 8.01. The van der Waals surface area contributed by atoms with E-state index in [0.29, 0.717) is 6.54 Å². The molecule has 4 nitrogen and oxygen atoms in total. The van der Waals surface area contributed by atoms with Crippen molar-refractivity contribution in [1.82, 2.24) is 4.90 Å². The SMILES string of the molecule is CCCN(C(=O)N1CCC(C)CC1)c1ccc(CN)cc1. The summed E-state index contributed by atoms with van der Waals surface area (Å²) in [6.45, 7) is 7.41. The summed E-state index contributed by atoms with van der Waals surface area (Å²) in [5.74, 6) is 0.734. The van der Waals surface area contributed by atoms with E-state index in [9.17, 15) is 4.79 Å². The highest BCUT2D eigenvalue weighted by Gasteiger charge is 2.25. The summed E-state index contributed by atoms with van der Waals surface area (Å²) in [5.41, 5.74) is 7.70. The Balaban J connectivity index is 2.11. The van der Waals surface area contributed by atoms with Gasteiger partial charge < -0.3 is 10.6 Å². The molecule has 0 saturated carbocycles. The standard InChI is InChI=1S/C17H27N3O/c1-3-10-20(16-6-4-15(13-18)5-7-16)17(21)19-11-8-14(2)9-12-19/h4-7,14H,3,8-13,18H2,1-2H3. The topological polar surface area (TPSA) is 49.6 Å². The number of piperidine rings is 1. The van der Waals surface area contributed by atoms with E-state index in [-0.39, 0.29) is 6.03 Å². The van der Waals surface area contributed by atoms with Crippen LogP contribution in [0, 0.1) is 5.92 Å². The molecule has 1 fully saturated rings. The Bertz CT molecular complexity index is 450. The zero-order valence-electron chi connectivity index (χ0n) is 13.2. The number of amides is 2. The van der Waals surface area contributed by atoms with Gasteiger partial charge in [0.15, 0.2) is 0 Å². The number of nitrogens with two attached hydrogens (primary N) is 1. The van der Waals surface area contributed by atoms with Crippen LogP contribution in [-0.2, 0) is 6.54 Å². The van der Waals surface area contributed by atoms with E-state index in [1.165, 1.54) is 0 Å². The van der Waals surface area contributed by atoms with Gasteiger partial charge in [-0.2, -0.15) is 0 Å². The summed E-state index contributed by atoms with van der Waals surface area (Å²) in [7, 11) is 0. The van der Waals surface area contributed by atoms with Crippen molar-refractivity contribution in [3.05, 3.63) is 29.8 Å². The molecule has 1 aromatic carbocycles. The van der Waals surface area contributed by atoms with Crippen molar-refractivity contribution in [2.24, 2.45) is 11.7 Å². The molecule has 0 bridgehead atoms. The monoisotopic (exact) mass is 289 g/mol. The van der Waals surface area contributed by atoms with E-state index in [1.54, 1.807) is 0 Å². The third kappa shape index (κ3) is 3.97. The minimum absolute atomic E-state index is 0.143. The Morgan fingerprint density at radius 3 is 2.43 bits per heavy atom. The van der Waals surface area contributed by atoms with E-state index >= 15 is 0 Å². The van der Waals surface area contributed by atoms with E-state index < -0.39 is 0 Å². The highest BCUT2D eigenvalue weighted by atomic mass is 16.2.